The van der Waals surface area contributed by atoms with E-state index in [-0.39, 0.29) is 18.1 Å². The molecule has 0 fully saturated rings. The molecule has 0 aliphatic rings. The molecule has 0 saturated carbocycles. The van der Waals surface area contributed by atoms with E-state index < -0.39 is 18.3 Å². The van der Waals surface area contributed by atoms with Crippen LogP contribution in [0.4, 0.5) is 18.9 Å². The standard InChI is InChI=1S/C14H19F3N2O2/c1-13(2,18)8-7-12(20)19-10-3-5-11(6-4-10)21-9-14(15,16)17/h3-6H,7-9,18H2,1-2H3,(H,19,20). The minimum absolute atomic E-state index is 0.0911. The fourth-order valence-corrected chi connectivity index (χ4v) is 1.46. The Morgan fingerprint density at radius 2 is 1.81 bits per heavy atom. The Bertz CT molecular complexity index is 465. The third kappa shape index (κ3) is 8.19. The minimum atomic E-state index is -4.37. The Kier molecular flexibility index (Phi) is 5.60. The normalized spacial score (nSPS) is 12.1. The van der Waals surface area contributed by atoms with Crippen LogP contribution in [0.3, 0.4) is 0 Å². The molecular weight excluding hydrogens is 285 g/mol. The third-order valence-electron chi connectivity index (χ3n) is 2.54. The van der Waals surface area contributed by atoms with Crippen LogP contribution in [0, 0.1) is 0 Å². The van der Waals surface area contributed by atoms with Gasteiger partial charge in [-0.2, -0.15) is 13.2 Å². The molecule has 0 heterocycles. The monoisotopic (exact) mass is 304 g/mol. The fraction of sp³-hybridized carbons (Fsp3) is 0.500. The van der Waals surface area contributed by atoms with Crippen LogP contribution in [0.15, 0.2) is 24.3 Å². The zero-order chi connectivity index (χ0) is 16.1. The Labute approximate surface area is 121 Å². The molecule has 3 N–H and O–H groups in total. The molecule has 1 aromatic carbocycles. The molecule has 0 atom stereocenters. The summed E-state index contributed by atoms with van der Waals surface area (Å²) in [6, 6.07) is 5.71. The maximum absolute atomic E-state index is 12.0. The van der Waals surface area contributed by atoms with Gasteiger partial charge in [-0.3, -0.25) is 4.79 Å². The average molecular weight is 304 g/mol. The van der Waals surface area contributed by atoms with Crippen molar-refractivity contribution in [2.24, 2.45) is 5.73 Å². The quantitative estimate of drug-likeness (QED) is 0.849. The largest absolute Gasteiger partial charge is 0.484 e. The highest BCUT2D eigenvalue weighted by atomic mass is 19.4. The predicted molar refractivity (Wildman–Crippen MR) is 74.1 cm³/mol. The second kappa shape index (κ2) is 6.80. The molecule has 7 heteroatoms. The van der Waals surface area contributed by atoms with Crippen molar-refractivity contribution in [3.63, 3.8) is 0 Å². The molecule has 1 aromatic rings. The van der Waals surface area contributed by atoms with E-state index in [1.807, 2.05) is 13.8 Å². The van der Waals surface area contributed by atoms with Crippen LogP contribution in [0.1, 0.15) is 26.7 Å². The Morgan fingerprint density at radius 3 is 2.29 bits per heavy atom. The fourth-order valence-electron chi connectivity index (χ4n) is 1.46. The summed E-state index contributed by atoms with van der Waals surface area (Å²) in [5.41, 5.74) is 5.85. The first-order chi connectivity index (χ1) is 9.55. The number of ether oxygens (including phenoxy) is 1. The van der Waals surface area contributed by atoms with Gasteiger partial charge in [0.15, 0.2) is 6.61 Å². The molecule has 4 nitrogen and oxygen atoms in total. The van der Waals surface area contributed by atoms with Gasteiger partial charge in [-0.15, -0.1) is 0 Å². The highest BCUT2D eigenvalue weighted by molar-refractivity contribution is 5.90. The average Bonchev–Trinajstić information content (AvgIpc) is 2.34. The van der Waals surface area contributed by atoms with E-state index in [0.717, 1.165) is 0 Å². The topological polar surface area (TPSA) is 64.4 Å². The summed E-state index contributed by atoms with van der Waals surface area (Å²) in [4.78, 5) is 11.7. The first-order valence-electron chi connectivity index (χ1n) is 6.43. The molecule has 0 radical (unpaired) electrons. The van der Waals surface area contributed by atoms with Crippen LogP contribution < -0.4 is 15.8 Å². The summed E-state index contributed by atoms with van der Waals surface area (Å²) in [6.07, 6.45) is -3.57. The van der Waals surface area contributed by atoms with E-state index in [9.17, 15) is 18.0 Å². The number of anilines is 1. The van der Waals surface area contributed by atoms with Gasteiger partial charge in [-0.05, 0) is 44.5 Å². The van der Waals surface area contributed by atoms with Gasteiger partial charge in [0.05, 0.1) is 0 Å². The summed E-state index contributed by atoms with van der Waals surface area (Å²) in [5.74, 6) is -0.106. The van der Waals surface area contributed by atoms with Gasteiger partial charge in [0.25, 0.3) is 0 Å². The maximum Gasteiger partial charge on any atom is 0.422 e. The van der Waals surface area contributed by atoms with Crippen molar-refractivity contribution in [2.45, 2.75) is 38.4 Å². The molecule has 1 amide bonds. The van der Waals surface area contributed by atoms with Gasteiger partial charge in [0.1, 0.15) is 5.75 Å². The van der Waals surface area contributed by atoms with Gasteiger partial charge in [0.2, 0.25) is 5.91 Å². The second-order valence-electron chi connectivity index (χ2n) is 5.46. The molecule has 1 rings (SSSR count). The first-order valence-corrected chi connectivity index (χ1v) is 6.43. The summed E-state index contributed by atoms with van der Waals surface area (Å²) >= 11 is 0. The van der Waals surface area contributed by atoms with Crippen molar-refractivity contribution in [1.82, 2.24) is 0 Å². The number of nitrogens with two attached hydrogens (primary N) is 1. The number of hydrogen-bond donors (Lipinski definition) is 2. The number of alkyl halides is 3. The van der Waals surface area contributed by atoms with E-state index >= 15 is 0 Å². The molecular formula is C14H19F3N2O2. The lowest BCUT2D eigenvalue weighted by Gasteiger charge is -2.17. The number of nitrogens with one attached hydrogen (secondary N) is 1. The second-order valence-corrected chi connectivity index (χ2v) is 5.46. The van der Waals surface area contributed by atoms with Crippen molar-refractivity contribution in [2.75, 3.05) is 11.9 Å². The summed E-state index contributed by atoms with van der Waals surface area (Å²) in [6.45, 7) is 2.31. The van der Waals surface area contributed by atoms with Gasteiger partial charge < -0.3 is 15.8 Å². The highest BCUT2D eigenvalue weighted by Crippen LogP contribution is 2.20. The van der Waals surface area contributed by atoms with Crippen LogP contribution in [0.2, 0.25) is 0 Å². The SMILES string of the molecule is CC(C)(N)CCC(=O)Nc1ccc(OCC(F)(F)F)cc1. The number of halogens is 3. The molecule has 0 spiro atoms. The molecule has 0 unspecified atom stereocenters. The molecule has 0 saturated heterocycles. The number of rotatable bonds is 6. The van der Waals surface area contributed by atoms with Crippen LogP contribution in [-0.2, 0) is 4.79 Å². The summed E-state index contributed by atoms with van der Waals surface area (Å²) < 4.78 is 40.5. The summed E-state index contributed by atoms with van der Waals surface area (Å²) in [5, 5.41) is 2.64. The number of carbonyl (C=O) groups is 1. The lowest BCUT2D eigenvalue weighted by atomic mass is 10.00. The van der Waals surface area contributed by atoms with Crippen LogP contribution in [0.25, 0.3) is 0 Å². The van der Waals surface area contributed by atoms with Crippen molar-refractivity contribution in [3.05, 3.63) is 24.3 Å². The number of carbonyl (C=O) groups excluding carboxylic acids is 1. The Morgan fingerprint density at radius 1 is 1.24 bits per heavy atom. The number of hydrogen-bond acceptors (Lipinski definition) is 3. The maximum atomic E-state index is 12.0. The van der Waals surface area contributed by atoms with E-state index in [0.29, 0.717) is 12.1 Å². The lowest BCUT2D eigenvalue weighted by molar-refractivity contribution is -0.153. The first kappa shape index (κ1) is 17.3. The Balaban J connectivity index is 2.45. The van der Waals surface area contributed by atoms with Crippen molar-refractivity contribution in [3.8, 4) is 5.75 Å². The van der Waals surface area contributed by atoms with Crippen LogP contribution >= 0.6 is 0 Å². The Hall–Kier alpha value is -1.76. The van der Waals surface area contributed by atoms with Crippen LogP contribution in [-0.4, -0.2) is 24.2 Å². The van der Waals surface area contributed by atoms with Crippen molar-refractivity contribution < 1.29 is 22.7 Å². The lowest BCUT2D eigenvalue weighted by Crippen LogP contribution is -2.33. The zero-order valence-electron chi connectivity index (χ0n) is 12.0. The predicted octanol–water partition coefficient (Wildman–Crippen LogP) is 3.08. The molecule has 21 heavy (non-hydrogen) atoms. The van der Waals surface area contributed by atoms with E-state index in [2.05, 4.69) is 10.1 Å². The van der Waals surface area contributed by atoms with E-state index in [4.69, 9.17) is 5.73 Å². The highest BCUT2D eigenvalue weighted by Gasteiger charge is 2.28. The minimum Gasteiger partial charge on any atom is -0.484 e. The molecule has 0 aliphatic heterocycles. The molecule has 118 valence electrons. The smallest absolute Gasteiger partial charge is 0.422 e. The molecule has 0 bridgehead atoms. The van der Waals surface area contributed by atoms with Crippen molar-refractivity contribution in [1.29, 1.82) is 0 Å². The number of benzene rings is 1. The number of amides is 1. The third-order valence-corrected chi connectivity index (χ3v) is 2.54. The van der Waals surface area contributed by atoms with E-state index in [1.54, 1.807) is 0 Å². The van der Waals surface area contributed by atoms with E-state index in [1.165, 1.54) is 24.3 Å². The van der Waals surface area contributed by atoms with Gasteiger partial charge >= 0.3 is 6.18 Å². The van der Waals surface area contributed by atoms with Crippen molar-refractivity contribution >= 4 is 11.6 Å². The molecule has 0 aromatic heterocycles. The molecule has 0 aliphatic carbocycles. The summed E-state index contributed by atoms with van der Waals surface area (Å²) in [7, 11) is 0. The van der Waals surface area contributed by atoms with Gasteiger partial charge in [-0.1, -0.05) is 0 Å². The van der Waals surface area contributed by atoms with Crippen LogP contribution in [0.5, 0.6) is 5.75 Å². The zero-order valence-corrected chi connectivity index (χ0v) is 12.0. The van der Waals surface area contributed by atoms with Gasteiger partial charge in [0, 0.05) is 17.6 Å². The van der Waals surface area contributed by atoms with Gasteiger partial charge in [-0.25, -0.2) is 0 Å².